The number of aryl methyl sites for hydroxylation is 1. The van der Waals surface area contributed by atoms with Crippen LogP contribution in [0.25, 0.3) is 0 Å². The second-order valence-corrected chi connectivity index (χ2v) is 9.26. The van der Waals surface area contributed by atoms with Crippen LogP contribution in [0.1, 0.15) is 17.5 Å². The summed E-state index contributed by atoms with van der Waals surface area (Å²) in [6.45, 7) is 3.15. The van der Waals surface area contributed by atoms with Crippen LogP contribution in [0.15, 0.2) is 40.0 Å². The van der Waals surface area contributed by atoms with Crippen LogP contribution in [0.3, 0.4) is 0 Å². The molecule has 1 N–H and O–H groups in total. The maximum atomic E-state index is 6.08. The molecule has 0 radical (unpaired) electrons. The maximum absolute atomic E-state index is 6.08. The van der Waals surface area contributed by atoms with Crippen LogP contribution in [-0.4, -0.2) is 52.8 Å². The van der Waals surface area contributed by atoms with Gasteiger partial charge in [-0.1, -0.05) is 17.8 Å². The van der Waals surface area contributed by atoms with E-state index >= 15 is 0 Å². The largest absolute Gasteiger partial charge is 0.493 e. The minimum atomic E-state index is 0. The van der Waals surface area contributed by atoms with E-state index in [0.717, 1.165) is 57.5 Å². The van der Waals surface area contributed by atoms with E-state index in [-0.39, 0.29) is 12.4 Å². The molecule has 0 saturated carbocycles. The Labute approximate surface area is 217 Å². The van der Waals surface area contributed by atoms with Crippen molar-refractivity contribution in [2.24, 2.45) is 7.05 Å². The summed E-state index contributed by atoms with van der Waals surface area (Å²) in [5, 5.41) is 15.7. The van der Waals surface area contributed by atoms with Gasteiger partial charge < -0.3 is 24.3 Å². The zero-order chi connectivity index (χ0) is 23.0. The average Bonchev–Trinajstić information content (AvgIpc) is 3.24. The van der Waals surface area contributed by atoms with Gasteiger partial charge in [-0.2, -0.15) is 0 Å². The molecule has 1 aliphatic rings. The number of nitrogens with one attached hydrogen (secondary N) is 1. The van der Waals surface area contributed by atoms with Gasteiger partial charge in [0.2, 0.25) is 5.16 Å². The molecule has 34 heavy (non-hydrogen) atoms. The third-order valence-corrected chi connectivity index (χ3v) is 6.60. The first-order valence-electron chi connectivity index (χ1n) is 10.6. The van der Waals surface area contributed by atoms with Crippen LogP contribution in [0.5, 0.6) is 23.0 Å². The lowest BCUT2D eigenvalue weighted by atomic mass is 10.2. The summed E-state index contributed by atoms with van der Waals surface area (Å²) in [4.78, 5) is 0. The normalized spacial score (nSPS) is 12.2. The number of ether oxygens (including phenoxy) is 4. The molecule has 0 saturated heterocycles. The van der Waals surface area contributed by atoms with Gasteiger partial charge in [0, 0.05) is 19.3 Å². The highest BCUT2D eigenvalue weighted by atomic mass is 79.9. The second-order valence-electron chi connectivity index (χ2n) is 7.34. The molecule has 0 fully saturated rings. The van der Waals surface area contributed by atoms with Gasteiger partial charge >= 0.3 is 0 Å². The van der Waals surface area contributed by atoms with Gasteiger partial charge in [-0.25, -0.2) is 4.68 Å². The predicted octanol–water partition coefficient (Wildman–Crippen LogP) is 4.03. The van der Waals surface area contributed by atoms with E-state index in [9.17, 15) is 0 Å². The van der Waals surface area contributed by atoms with Crippen molar-refractivity contribution in [2.45, 2.75) is 24.7 Å². The van der Waals surface area contributed by atoms with Crippen LogP contribution in [-0.2, 0) is 20.2 Å². The van der Waals surface area contributed by atoms with Crippen molar-refractivity contribution in [2.75, 3.05) is 32.6 Å². The zero-order valence-corrected chi connectivity index (χ0v) is 22.2. The molecule has 1 aliphatic heterocycles. The minimum Gasteiger partial charge on any atom is -0.493 e. The summed E-state index contributed by atoms with van der Waals surface area (Å²) in [5.41, 5.74) is 2.10. The van der Waals surface area contributed by atoms with E-state index in [4.69, 9.17) is 18.9 Å². The van der Waals surface area contributed by atoms with Gasteiger partial charge in [0.25, 0.3) is 0 Å². The lowest BCUT2D eigenvalue weighted by molar-refractivity contribution is 0.171. The van der Waals surface area contributed by atoms with Gasteiger partial charge in [-0.15, -0.1) is 17.5 Å². The zero-order valence-electron chi connectivity index (χ0n) is 19.0. The highest BCUT2D eigenvalue weighted by Crippen LogP contribution is 2.38. The molecular formula is C22H27BrClN5O4S. The average molecular weight is 573 g/mol. The molecule has 2 heterocycles. The van der Waals surface area contributed by atoms with Crippen LogP contribution in [0, 0.1) is 0 Å². The van der Waals surface area contributed by atoms with Crippen LogP contribution in [0.2, 0.25) is 0 Å². The molecule has 0 spiro atoms. The van der Waals surface area contributed by atoms with E-state index in [0.29, 0.717) is 31.3 Å². The summed E-state index contributed by atoms with van der Waals surface area (Å²) >= 11 is 5.28. The number of fused-ring (bicyclic) bond motifs is 1. The molecule has 2 aromatic carbocycles. The standard InChI is InChI=1S/C22H26BrN5O4S.ClH/c1-28-22(25-26-27-28)33-9-3-6-24-13-16-10-17(23)21(20(12-16)29-2)32-14-15-4-5-18-19(11-15)31-8-7-30-18;/h4-5,10-12,24H,3,6-9,13-14H2,1-2H3;1H. The van der Waals surface area contributed by atoms with Crippen molar-refractivity contribution in [3.05, 3.63) is 45.9 Å². The van der Waals surface area contributed by atoms with Crippen LogP contribution >= 0.6 is 40.1 Å². The highest BCUT2D eigenvalue weighted by Gasteiger charge is 2.15. The minimum absolute atomic E-state index is 0. The van der Waals surface area contributed by atoms with E-state index in [1.54, 1.807) is 23.6 Å². The number of halogens is 2. The number of thioether (sulfide) groups is 1. The fraction of sp³-hybridized carbons (Fsp3) is 0.409. The Bertz CT molecular complexity index is 1090. The van der Waals surface area contributed by atoms with E-state index in [1.165, 1.54) is 0 Å². The fourth-order valence-corrected chi connectivity index (χ4v) is 4.68. The Hall–Kier alpha value is -2.21. The number of nitrogens with zero attached hydrogens (tertiary/aromatic N) is 4. The van der Waals surface area contributed by atoms with Crippen molar-refractivity contribution in [1.82, 2.24) is 25.5 Å². The maximum Gasteiger partial charge on any atom is 0.209 e. The molecule has 184 valence electrons. The number of tetrazole rings is 1. The molecule has 0 atom stereocenters. The fourth-order valence-electron chi connectivity index (χ4n) is 3.29. The molecule has 9 nitrogen and oxygen atoms in total. The van der Waals surface area contributed by atoms with Crippen molar-refractivity contribution in [3.63, 3.8) is 0 Å². The highest BCUT2D eigenvalue weighted by molar-refractivity contribution is 9.10. The molecular weight excluding hydrogens is 546 g/mol. The van der Waals surface area contributed by atoms with Crippen LogP contribution in [0.4, 0.5) is 0 Å². The smallest absolute Gasteiger partial charge is 0.209 e. The van der Waals surface area contributed by atoms with Gasteiger partial charge in [0.15, 0.2) is 23.0 Å². The first-order chi connectivity index (χ1) is 16.1. The van der Waals surface area contributed by atoms with Gasteiger partial charge in [-0.3, -0.25) is 0 Å². The summed E-state index contributed by atoms with van der Waals surface area (Å²) in [6.07, 6.45) is 1.01. The lowest BCUT2D eigenvalue weighted by Crippen LogP contribution is -2.15. The number of benzene rings is 2. The number of aromatic nitrogens is 4. The number of hydrogen-bond donors (Lipinski definition) is 1. The predicted molar refractivity (Wildman–Crippen MR) is 136 cm³/mol. The third kappa shape index (κ3) is 6.91. The van der Waals surface area contributed by atoms with Gasteiger partial charge in [0.05, 0.1) is 11.6 Å². The Morgan fingerprint density at radius 3 is 2.74 bits per heavy atom. The Morgan fingerprint density at radius 1 is 1.15 bits per heavy atom. The quantitative estimate of drug-likeness (QED) is 0.270. The van der Waals surface area contributed by atoms with E-state index < -0.39 is 0 Å². The lowest BCUT2D eigenvalue weighted by Gasteiger charge is -2.19. The number of rotatable bonds is 11. The summed E-state index contributed by atoms with van der Waals surface area (Å²) in [7, 11) is 3.49. The van der Waals surface area contributed by atoms with Crippen LogP contribution < -0.4 is 24.3 Å². The second kappa shape index (κ2) is 13.0. The molecule has 12 heteroatoms. The first kappa shape index (κ1) is 26.4. The molecule has 3 aromatic rings. The van der Waals surface area contributed by atoms with Crippen molar-refractivity contribution < 1.29 is 18.9 Å². The first-order valence-corrected chi connectivity index (χ1v) is 12.4. The number of methoxy groups -OCH3 is 1. The monoisotopic (exact) mass is 571 g/mol. The Balaban J connectivity index is 0.00000324. The van der Waals surface area contributed by atoms with E-state index in [2.05, 4.69) is 42.8 Å². The van der Waals surface area contributed by atoms with Gasteiger partial charge in [-0.05, 0) is 74.7 Å². The Morgan fingerprint density at radius 2 is 1.97 bits per heavy atom. The summed E-state index contributed by atoms with van der Waals surface area (Å²) < 4.78 is 25.4. The molecule has 0 unspecified atom stereocenters. The molecule has 0 aliphatic carbocycles. The van der Waals surface area contributed by atoms with Crippen molar-refractivity contribution in [1.29, 1.82) is 0 Å². The summed E-state index contributed by atoms with van der Waals surface area (Å²) in [6, 6.07) is 9.89. The van der Waals surface area contributed by atoms with Crippen molar-refractivity contribution >= 4 is 40.1 Å². The topological polar surface area (TPSA) is 92.6 Å². The van der Waals surface area contributed by atoms with Gasteiger partial charge in [0.1, 0.15) is 19.8 Å². The van der Waals surface area contributed by atoms with Crippen molar-refractivity contribution in [3.8, 4) is 23.0 Å². The molecule has 0 bridgehead atoms. The SMILES string of the molecule is COc1cc(CNCCCSc2nnnn2C)cc(Br)c1OCc1ccc2c(c1)OCCO2.Cl. The Kier molecular flexibility index (Phi) is 10.1. The molecule has 1 aromatic heterocycles. The molecule has 4 rings (SSSR count). The van der Waals surface area contributed by atoms with E-state index in [1.807, 2.05) is 31.3 Å². The number of hydrogen-bond acceptors (Lipinski definition) is 9. The molecule has 0 amide bonds. The summed E-state index contributed by atoms with van der Waals surface area (Å²) in [5.74, 6) is 3.82. The third-order valence-electron chi connectivity index (χ3n) is 4.92.